The molecule has 0 aromatic carbocycles. The second kappa shape index (κ2) is 2.21. The lowest BCUT2D eigenvalue weighted by atomic mass is 9.95. The third kappa shape index (κ3) is 1.06. The molecule has 2 unspecified atom stereocenters. The summed E-state index contributed by atoms with van der Waals surface area (Å²) in [5.41, 5.74) is 0.277. The van der Waals surface area contributed by atoms with Crippen LogP contribution < -0.4 is 0 Å². The smallest absolute Gasteiger partial charge is 0.0963 e. The van der Waals surface area contributed by atoms with E-state index in [0.717, 1.165) is 32.5 Å². The highest BCUT2D eigenvalue weighted by atomic mass is 16.6. The summed E-state index contributed by atoms with van der Waals surface area (Å²) in [6, 6.07) is 0. The fourth-order valence-corrected chi connectivity index (χ4v) is 1.61. The molecule has 0 N–H and O–H groups in total. The highest BCUT2D eigenvalue weighted by molar-refractivity contribution is 4.96. The molecule has 2 heteroatoms. The summed E-state index contributed by atoms with van der Waals surface area (Å²) >= 11 is 0. The highest BCUT2D eigenvalue weighted by Gasteiger charge is 2.48. The van der Waals surface area contributed by atoms with E-state index in [9.17, 15) is 0 Å². The second-order valence-corrected chi connectivity index (χ2v) is 3.33. The van der Waals surface area contributed by atoms with Crippen molar-refractivity contribution in [2.45, 2.75) is 37.9 Å². The molecule has 2 heterocycles. The lowest BCUT2D eigenvalue weighted by molar-refractivity contribution is -0.0208. The van der Waals surface area contributed by atoms with Crippen molar-refractivity contribution in [1.82, 2.24) is 0 Å². The van der Waals surface area contributed by atoms with Crippen molar-refractivity contribution < 1.29 is 9.47 Å². The van der Waals surface area contributed by atoms with Crippen molar-refractivity contribution in [3.05, 3.63) is 0 Å². The van der Waals surface area contributed by atoms with Crippen LogP contribution in [-0.2, 0) is 9.47 Å². The van der Waals surface area contributed by atoms with Crippen molar-refractivity contribution in [1.29, 1.82) is 0 Å². The SMILES string of the molecule is CCC1CC2(CCO1)CO2. The Kier molecular flexibility index (Phi) is 1.46. The van der Waals surface area contributed by atoms with Crippen LogP contribution in [0.4, 0.5) is 0 Å². The molecule has 0 amide bonds. The fraction of sp³-hybridized carbons (Fsp3) is 1.00. The summed E-state index contributed by atoms with van der Waals surface area (Å²) in [6.45, 7) is 4.05. The number of epoxide rings is 1. The minimum absolute atomic E-state index is 0.277. The zero-order valence-corrected chi connectivity index (χ0v) is 6.43. The first-order valence-electron chi connectivity index (χ1n) is 4.10. The summed E-state index contributed by atoms with van der Waals surface area (Å²) in [5, 5.41) is 0. The first kappa shape index (κ1) is 6.62. The van der Waals surface area contributed by atoms with Gasteiger partial charge in [0.2, 0.25) is 0 Å². The molecule has 2 atom stereocenters. The molecule has 2 rings (SSSR count). The molecule has 2 saturated heterocycles. The minimum Gasteiger partial charge on any atom is -0.378 e. The molecule has 2 aliphatic heterocycles. The normalized spacial score (nSPS) is 45.9. The zero-order chi connectivity index (χ0) is 7.03. The van der Waals surface area contributed by atoms with E-state index in [2.05, 4.69) is 6.92 Å². The van der Waals surface area contributed by atoms with Crippen LogP contribution in [0.5, 0.6) is 0 Å². The van der Waals surface area contributed by atoms with E-state index in [0.29, 0.717) is 6.10 Å². The molecule has 2 aliphatic rings. The average molecular weight is 142 g/mol. The van der Waals surface area contributed by atoms with Crippen LogP contribution in [0.2, 0.25) is 0 Å². The van der Waals surface area contributed by atoms with E-state index in [1.165, 1.54) is 0 Å². The average Bonchev–Trinajstić information content (AvgIpc) is 2.70. The first-order chi connectivity index (χ1) is 4.85. The molecule has 58 valence electrons. The van der Waals surface area contributed by atoms with Gasteiger partial charge in [0.1, 0.15) is 0 Å². The lowest BCUT2D eigenvalue weighted by Crippen LogP contribution is -2.30. The van der Waals surface area contributed by atoms with Crippen molar-refractivity contribution >= 4 is 0 Å². The van der Waals surface area contributed by atoms with Gasteiger partial charge in [0.05, 0.1) is 18.3 Å². The molecule has 2 fully saturated rings. The number of hydrogen-bond acceptors (Lipinski definition) is 2. The fourth-order valence-electron chi connectivity index (χ4n) is 1.61. The molecular weight excluding hydrogens is 128 g/mol. The van der Waals surface area contributed by atoms with Crippen molar-refractivity contribution in [3.63, 3.8) is 0 Å². The molecule has 0 aromatic rings. The lowest BCUT2D eigenvalue weighted by Gasteiger charge is -2.26. The Morgan fingerprint density at radius 3 is 3.00 bits per heavy atom. The Hall–Kier alpha value is -0.0800. The van der Waals surface area contributed by atoms with Gasteiger partial charge in [0.15, 0.2) is 0 Å². The Labute approximate surface area is 61.5 Å². The highest BCUT2D eigenvalue weighted by Crippen LogP contribution is 2.39. The van der Waals surface area contributed by atoms with E-state index < -0.39 is 0 Å². The quantitative estimate of drug-likeness (QED) is 0.515. The standard InChI is InChI=1S/C8H14O2/c1-2-7-5-8(6-10-8)3-4-9-7/h7H,2-6H2,1H3. The van der Waals surface area contributed by atoms with E-state index in [1.54, 1.807) is 0 Å². The van der Waals surface area contributed by atoms with Gasteiger partial charge in [-0.25, -0.2) is 0 Å². The topological polar surface area (TPSA) is 21.8 Å². The molecule has 0 radical (unpaired) electrons. The molecule has 0 aliphatic carbocycles. The van der Waals surface area contributed by atoms with Crippen LogP contribution in [0, 0.1) is 0 Å². The van der Waals surface area contributed by atoms with Gasteiger partial charge < -0.3 is 9.47 Å². The summed E-state index contributed by atoms with van der Waals surface area (Å²) in [5.74, 6) is 0. The summed E-state index contributed by atoms with van der Waals surface area (Å²) in [7, 11) is 0. The molecular formula is C8H14O2. The van der Waals surface area contributed by atoms with Gasteiger partial charge >= 0.3 is 0 Å². The predicted octanol–water partition coefficient (Wildman–Crippen LogP) is 1.34. The van der Waals surface area contributed by atoms with Crippen LogP contribution in [0.25, 0.3) is 0 Å². The van der Waals surface area contributed by atoms with Gasteiger partial charge in [-0.15, -0.1) is 0 Å². The van der Waals surface area contributed by atoms with Gasteiger partial charge in [-0.05, 0) is 6.42 Å². The van der Waals surface area contributed by atoms with Crippen LogP contribution >= 0.6 is 0 Å². The van der Waals surface area contributed by atoms with Crippen LogP contribution in [0.1, 0.15) is 26.2 Å². The van der Waals surface area contributed by atoms with Crippen molar-refractivity contribution in [2.24, 2.45) is 0 Å². The maximum Gasteiger partial charge on any atom is 0.0963 e. The monoisotopic (exact) mass is 142 g/mol. The Balaban J connectivity index is 1.91. The van der Waals surface area contributed by atoms with E-state index in [1.807, 2.05) is 0 Å². The Morgan fingerprint density at radius 2 is 2.40 bits per heavy atom. The largest absolute Gasteiger partial charge is 0.378 e. The molecule has 2 nitrogen and oxygen atoms in total. The second-order valence-electron chi connectivity index (χ2n) is 3.33. The third-order valence-corrected chi connectivity index (χ3v) is 2.52. The third-order valence-electron chi connectivity index (χ3n) is 2.52. The van der Waals surface area contributed by atoms with E-state index >= 15 is 0 Å². The maximum absolute atomic E-state index is 5.52. The number of rotatable bonds is 1. The van der Waals surface area contributed by atoms with Crippen LogP contribution in [-0.4, -0.2) is 24.9 Å². The zero-order valence-electron chi connectivity index (χ0n) is 6.43. The number of ether oxygens (including phenoxy) is 2. The molecule has 0 aromatic heterocycles. The summed E-state index contributed by atoms with van der Waals surface area (Å²) in [4.78, 5) is 0. The van der Waals surface area contributed by atoms with Gasteiger partial charge in [0.25, 0.3) is 0 Å². The molecule has 0 saturated carbocycles. The first-order valence-corrected chi connectivity index (χ1v) is 4.10. The number of hydrogen-bond donors (Lipinski definition) is 0. The van der Waals surface area contributed by atoms with Gasteiger partial charge in [-0.3, -0.25) is 0 Å². The minimum atomic E-state index is 0.277. The summed E-state index contributed by atoms with van der Waals surface area (Å²) in [6.07, 6.45) is 3.84. The Morgan fingerprint density at radius 1 is 1.60 bits per heavy atom. The van der Waals surface area contributed by atoms with Crippen LogP contribution in [0.3, 0.4) is 0 Å². The maximum atomic E-state index is 5.52. The van der Waals surface area contributed by atoms with E-state index in [4.69, 9.17) is 9.47 Å². The molecule has 0 bridgehead atoms. The molecule has 10 heavy (non-hydrogen) atoms. The molecule has 1 spiro atoms. The van der Waals surface area contributed by atoms with Crippen LogP contribution in [0.15, 0.2) is 0 Å². The van der Waals surface area contributed by atoms with Gasteiger partial charge in [-0.2, -0.15) is 0 Å². The predicted molar refractivity (Wildman–Crippen MR) is 37.9 cm³/mol. The summed E-state index contributed by atoms with van der Waals surface area (Å²) < 4.78 is 10.9. The van der Waals surface area contributed by atoms with Gasteiger partial charge in [0, 0.05) is 19.4 Å². The van der Waals surface area contributed by atoms with E-state index in [-0.39, 0.29) is 5.60 Å². The Bertz CT molecular complexity index is 129. The van der Waals surface area contributed by atoms with Gasteiger partial charge in [-0.1, -0.05) is 6.92 Å². The van der Waals surface area contributed by atoms with Crippen molar-refractivity contribution in [2.75, 3.05) is 13.2 Å². The van der Waals surface area contributed by atoms with Crippen molar-refractivity contribution in [3.8, 4) is 0 Å².